The maximum absolute atomic E-state index is 11.2. The van der Waals surface area contributed by atoms with Gasteiger partial charge in [0.2, 0.25) is 0 Å². The smallest absolute Gasteiger partial charge is 0.196 e. The minimum Gasteiger partial charge on any atom is -0.437 e. The Morgan fingerprint density at radius 1 is 1.50 bits per heavy atom. The van der Waals surface area contributed by atoms with Crippen LogP contribution < -0.4 is 4.90 Å². The maximum Gasteiger partial charge on any atom is 0.196 e. The lowest BCUT2D eigenvalue weighted by Crippen LogP contribution is -2.42. The summed E-state index contributed by atoms with van der Waals surface area (Å²) in [4.78, 5) is 13.4. The van der Waals surface area contributed by atoms with E-state index in [9.17, 15) is 4.79 Å². The van der Waals surface area contributed by atoms with Crippen LogP contribution in [0.15, 0.2) is 16.5 Å². The van der Waals surface area contributed by atoms with Gasteiger partial charge >= 0.3 is 0 Å². The predicted octanol–water partition coefficient (Wildman–Crippen LogP) is 2.81. The summed E-state index contributed by atoms with van der Waals surface area (Å²) in [5.41, 5.74) is 0. The molecule has 0 bridgehead atoms. The first-order valence-corrected chi connectivity index (χ1v) is 6.46. The Labute approximate surface area is 100 Å². The molecule has 0 aliphatic carbocycles. The summed E-state index contributed by atoms with van der Waals surface area (Å²) in [6.45, 7) is 7.94. The highest BCUT2D eigenvalue weighted by molar-refractivity contribution is 8.00. The molecule has 0 saturated carbocycles. The number of nitrogens with zero attached hydrogens (tertiary/aromatic N) is 1. The van der Waals surface area contributed by atoms with Gasteiger partial charge in [-0.3, -0.25) is 4.79 Å². The number of anilines is 1. The van der Waals surface area contributed by atoms with Crippen LogP contribution in [0.2, 0.25) is 0 Å². The van der Waals surface area contributed by atoms with Gasteiger partial charge in [0.25, 0.3) is 0 Å². The van der Waals surface area contributed by atoms with Crippen LogP contribution in [0.5, 0.6) is 0 Å². The van der Waals surface area contributed by atoms with E-state index in [1.165, 1.54) is 6.92 Å². The largest absolute Gasteiger partial charge is 0.437 e. The summed E-state index contributed by atoms with van der Waals surface area (Å²) < 4.78 is 5.80. The molecule has 0 atom stereocenters. The van der Waals surface area contributed by atoms with Gasteiger partial charge in [-0.2, -0.15) is 11.8 Å². The Morgan fingerprint density at radius 2 is 2.25 bits per heavy atom. The molecule has 2 heterocycles. The molecular weight excluding hydrogens is 222 g/mol. The molecule has 88 valence electrons. The van der Waals surface area contributed by atoms with Crippen molar-refractivity contribution in [3.05, 3.63) is 17.9 Å². The molecule has 4 heteroatoms. The van der Waals surface area contributed by atoms with Crippen LogP contribution in [0.4, 0.5) is 5.88 Å². The van der Waals surface area contributed by atoms with Crippen molar-refractivity contribution in [1.29, 1.82) is 0 Å². The third-order valence-corrected chi connectivity index (χ3v) is 3.97. The maximum atomic E-state index is 11.2. The molecule has 0 radical (unpaired) electrons. The van der Waals surface area contributed by atoms with E-state index in [0.717, 1.165) is 24.7 Å². The van der Waals surface area contributed by atoms with Crippen LogP contribution in [0.3, 0.4) is 0 Å². The molecule has 1 aromatic heterocycles. The fraction of sp³-hybridized carbons (Fsp3) is 0.583. The molecule has 0 N–H and O–H groups in total. The average molecular weight is 239 g/mol. The number of furan rings is 1. The fourth-order valence-corrected chi connectivity index (χ4v) is 3.00. The second kappa shape index (κ2) is 4.17. The van der Waals surface area contributed by atoms with Gasteiger partial charge in [-0.25, -0.2) is 0 Å². The quantitative estimate of drug-likeness (QED) is 0.743. The summed E-state index contributed by atoms with van der Waals surface area (Å²) in [5.74, 6) is 2.35. The van der Waals surface area contributed by atoms with Crippen LogP contribution >= 0.6 is 11.8 Å². The number of rotatable bonds is 2. The molecule has 1 aliphatic rings. The minimum absolute atomic E-state index is 0.0168. The molecule has 1 aliphatic heterocycles. The van der Waals surface area contributed by atoms with E-state index in [2.05, 4.69) is 18.7 Å². The van der Waals surface area contributed by atoms with Crippen molar-refractivity contribution >= 4 is 23.4 Å². The molecule has 1 saturated heterocycles. The van der Waals surface area contributed by atoms with E-state index >= 15 is 0 Å². The van der Waals surface area contributed by atoms with Crippen LogP contribution in [0.1, 0.15) is 31.3 Å². The van der Waals surface area contributed by atoms with Gasteiger partial charge in [0.05, 0.1) is 0 Å². The Kier molecular flexibility index (Phi) is 3.02. The van der Waals surface area contributed by atoms with Crippen LogP contribution in [0, 0.1) is 0 Å². The number of hydrogen-bond acceptors (Lipinski definition) is 4. The second-order valence-electron chi connectivity index (χ2n) is 4.72. The zero-order chi connectivity index (χ0) is 11.8. The van der Waals surface area contributed by atoms with Crippen molar-refractivity contribution in [3.8, 4) is 0 Å². The lowest BCUT2D eigenvalue weighted by Gasteiger charge is -2.37. The third-order valence-electron chi connectivity index (χ3n) is 2.68. The van der Waals surface area contributed by atoms with Gasteiger partial charge in [-0.15, -0.1) is 0 Å². The molecule has 3 nitrogen and oxygen atoms in total. The zero-order valence-corrected chi connectivity index (χ0v) is 10.8. The molecule has 2 rings (SSSR count). The molecule has 1 aromatic rings. The average Bonchev–Trinajstić information content (AvgIpc) is 2.64. The van der Waals surface area contributed by atoms with Gasteiger partial charge in [-0.05, 0) is 19.9 Å². The van der Waals surface area contributed by atoms with Crippen LogP contribution in [-0.4, -0.2) is 29.4 Å². The summed E-state index contributed by atoms with van der Waals surface area (Å²) in [6.07, 6.45) is 0. The monoisotopic (exact) mass is 239 g/mol. The first-order valence-electron chi connectivity index (χ1n) is 5.48. The van der Waals surface area contributed by atoms with E-state index < -0.39 is 0 Å². The van der Waals surface area contributed by atoms with Crippen molar-refractivity contribution in [3.63, 3.8) is 0 Å². The highest BCUT2D eigenvalue weighted by Crippen LogP contribution is 2.32. The number of ketones is 1. The summed E-state index contributed by atoms with van der Waals surface area (Å²) in [6, 6.07) is 3.65. The van der Waals surface area contributed by atoms with Crippen molar-refractivity contribution < 1.29 is 9.21 Å². The number of carbonyl (C=O) groups is 1. The number of thioether (sulfide) groups is 1. The summed E-state index contributed by atoms with van der Waals surface area (Å²) >= 11 is 1.98. The SMILES string of the molecule is CC(=O)c1ccc(N2CCSC(C)(C)C2)o1. The summed E-state index contributed by atoms with van der Waals surface area (Å²) in [7, 11) is 0. The number of hydrogen-bond donors (Lipinski definition) is 0. The van der Waals surface area contributed by atoms with Gasteiger partial charge in [0.15, 0.2) is 17.4 Å². The van der Waals surface area contributed by atoms with Crippen molar-refractivity contribution in [2.24, 2.45) is 0 Å². The highest BCUT2D eigenvalue weighted by atomic mass is 32.2. The Morgan fingerprint density at radius 3 is 2.81 bits per heavy atom. The van der Waals surface area contributed by atoms with E-state index in [0.29, 0.717) is 5.76 Å². The van der Waals surface area contributed by atoms with Crippen LogP contribution in [-0.2, 0) is 0 Å². The molecule has 0 aromatic carbocycles. The van der Waals surface area contributed by atoms with E-state index in [4.69, 9.17) is 4.42 Å². The topological polar surface area (TPSA) is 33.5 Å². The minimum atomic E-state index is -0.0168. The zero-order valence-electron chi connectivity index (χ0n) is 9.95. The van der Waals surface area contributed by atoms with Gasteiger partial charge in [0, 0.05) is 36.6 Å². The molecule has 0 spiro atoms. The van der Waals surface area contributed by atoms with E-state index in [-0.39, 0.29) is 10.5 Å². The van der Waals surface area contributed by atoms with Crippen molar-refractivity contribution in [1.82, 2.24) is 0 Å². The van der Waals surface area contributed by atoms with Crippen LogP contribution in [0.25, 0.3) is 0 Å². The molecule has 1 fully saturated rings. The molecule has 0 amide bonds. The predicted molar refractivity (Wildman–Crippen MR) is 67.5 cm³/mol. The highest BCUT2D eigenvalue weighted by Gasteiger charge is 2.28. The Hall–Kier alpha value is -0.900. The Balaban J connectivity index is 2.14. The summed E-state index contributed by atoms with van der Waals surface area (Å²) in [5, 5.41) is 0. The third kappa shape index (κ3) is 2.43. The standard InChI is InChI=1S/C12H17NO2S/c1-9(14)10-4-5-11(15-10)13-6-7-16-12(2,3)8-13/h4-5H,6-8H2,1-3H3. The first kappa shape index (κ1) is 11.6. The molecular formula is C12H17NO2S. The van der Waals surface area contributed by atoms with Gasteiger partial charge in [0.1, 0.15) is 0 Å². The lowest BCUT2D eigenvalue weighted by atomic mass is 10.2. The van der Waals surface area contributed by atoms with E-state index in [1.807, 2.05) is 17.8 Å². The number of Topliss-reactive ketones (excluding diaryl/α,β-unsaturated/α-hetero) is 1. The van der Waals surface area contributed by atoms with E-state index in [1.54, 1.807) is 6.07 Å². The first-order chi connectivity index (χ1) is 7.48. The van der Waals surface area contributed by atoms with Crippen molar-refractivity contribution in [2.45, 2.75) is 25.5 Å². The van der Waals surface area contributed by atoms with Gasteiger partial charge in [-0.1, -0.05) is 0 Å². The van der Waals surface area contributed by atoms with Crippen molar-refractivity contribution in [2.75, 3.05) is 23.7 Å². The number of carbonyl (C=O) groups excluding carboxylic acids is 1. The fourth-order valence-electron chi connectivity index (χ4n) is 1.89. The normalized spacial score (nSPS) is 19.8. The second-order valence-corrected chi connectivity index (χ2v) is 6.53. The molecule has 16 heavy (non-hydrogen) atoms. The van der Waals surface area contributed by atoms with Gasteiger partial charge < -0.3 is 9.32 Å². The molecule has 0 unspecified atom stereocenters. The lowest BCUT2D eigenvalue weighted by molar-refractivity contribution is 0.0988. The Bertz CT molecular complexity index is 397.